The Morgan fingerprint density at radius 1 is 0.379 bits per heavy atom. The normalized spacial score (nSPS) is 12.0. The minimum atomic E-state index is 1.33. The molecule has 0 nitrogen and oxygen atoms in total. The van der Waals surface area contributed by atoms with E-state index in [1.165, 1.54) is 70.9 Å². The van der Waals surface area contributed by atoms with Crippen molar-refractivity contribution in [3.8, 4) is 11.1 Å². The average Bonchev–Trinajstić information content (AvgIpc) is 2.73. The Labute approximate surface area is 170 Å². The smallest absolute Gasteiger partial charge is 0.00201 e. The van der Waals surface area contributed by atoms with Gasteiger partial charge in [0.25, 0.3) is 0 Å². The average molecular weight is 370 g/mol. The minimum absolute atomic E-state index is 1.33. The molecule has 0 spiro atoms. The number of hydrogen-bond donors (Lipinski definition) is 0. The van der Waals surface area contributed by atoms with Gasteiger partial charge in [0.15, 0.2) is 0 Å². The predicted octanol–water partition coefficient (Wildman–Crippen LogP) is 8.33. The van der Waals surface area contributed by atoms with E-state index in [-0.39, 0.29) is 0 Å². The Kier molecular flexibility index (Phi) is 3.32. The molecule has 0 amide bonds. The number of aryl methyl sites for hydroxylation is 3. The summed E-state index contributed by atoms with van der Waals surface area (Å²) < 4.78 is 0. The van der Waals surface area contributed by atoms with Crippen molar-refractivity contribution in [1.29, 1.82) is 0 Å². The Morgan fingerprint density at radius 2 is 0.862 bits per heavy atom. The summed E-state index contributed by atoms with van der Waals surface area (Å²) in [6.07, 6.45) is 0. The van der Waals surface area contributed by atoms with Gasteiger partial charge in [0.2, 0.25) is 0 Å². The van der Waals surface area contributed by atoms with E-state index in [1.807, 2.05) is 0 Å². The Balaban J connectivity index is 1.89. The summed E-state index contributed by atoms with van der Waals surface area (Å²) in [5.41, 5.74) is 6.71. The third-order valence-electron chi connectivity index (χ3n) is 6.63. The summed E-state index contributed by atoms with van der Waals surface area (Å²) in [5.74, 6) is 0. The molecule has 0 aliphatic heterocycles. The summed E-state index contributed by atoms with van der Waals surface area (Å²) in [4.78, 5) is 0. The summed E-state index contributed by atoms with van der Waals surface area (Å²) >= 11 is 0. The van der Waals surface area contributed by atoms with Gasteiger partial charge in [0.05, 0.1) is 0 Å². The topological polar surface area (TPSA) is 0 Å². The number of rotatable bonds is 1. The molecule has 0 unspecified atom stereocenters. The highest BCUT2D eigenvalue weighted by molar-refractivity contribution is 6.34. The van der Waals surface area contributed by atoms with E-state index in [1.54, 1.807) is 0 Å². The molecule has 0 saturated carbocycles. The van der Waals surface area contributed by atoms with Crippen LogP contribution >= 0.6 is 0 Å². The molecule has 0 bridgehead atoms. The van der Waals surface area contributed by atoms with Gasteiger partial charge in [-0.15, -0.1) is 0 Å². The van der Waals surface area contributed by atoms with Gasteiger partial charge in [-0.05, 0) is 91.7 Å². The molecule has 0 heterocycles. The molecule has 0 saturated heterocycles. The quantitative estimate of drug-likeness (QED) is 0.201. The van der Waals surface area contributed by atoms with Gasteiger partial charge in [-0.2, -0.15) is 0 Å². The van der Waals surface area contributed by atoms with Crippen LogP contribution in [0.4, 0.5) is 0 Å². The van der Waals surface area contributed by atoms with Crippen molar-refractivity contribution >= 4 is 43.1 Å². The molecule has 0 aromatic heterocycles. The Morgan fingerprint density at radius 3 is 1.55 bits per heavy atom. The van der Waals surface area contributed by atoms with Gasteiger partial charge < -0.3 is 0 Å². The zero-order valence-electron chi connectivity index (χ0n) is 17.0. The Bertz CT molecular complexity index is 1530. The fraction of sp³-hybridized carbons (Fsp3) is 0.103. The van der Waals surface area contributed by atoms with Crippen LogP contribution in [0.15, 0.2) is 78.9 Å². The molecule has 6 aromatic rings. The lowest BCUT2D eigenvalue weighted by Gasteiger charge is -2.18. The van der Waals surface area contributed by atoms with Crippen LogP contribution in [0, 0.1) is 20.8 Å². The third kappa shape index (κ3) is 2.15. The maximum Gasteiger partial charge on any atom is -0.00201 e. The van der Waals surface area contributed by atoms with Crippen molar-refractivity contribution in [1.82, 2.24) is 0 Å². The van der Waals surface area contributed by atoms with Gasteiger partial charge in [0.1, 0.15) is 0 Å². The van der Waals surface area contributed by atoms with E-state index in [2.05, 4.69) is 99.6 Å². The van der Waals surface area contributed by atoms with Crippen molar-refractivity contribution in [2.24, 2.45) is 0 Å². The zero-order valence-corrected chi connectivity index (χ0v) is 17.0. The minimum Gasteiger partial charge on any atom is -0.0617 e. The van der Waals surface area contributed by atoms with Crippen molar-refractivity contribution in [3.63, 3.8) is 0 Å². The molecule has 0 N–H and O–H groups in total. The van der Waals surface area contributed by atoms with Gasteiger partial charge in [-0.3, -0.25) is 0 Å². The highest BCUT2D eigenvalue weighted by Gasteiger charge is 2.16. The lowest BCUT2D eigenvalue weighted by molar-refractivity contribution is 1.39. The van der Waals surface area contributed by atoms with Crippen LogP contribution in [0.1, 0.15) is 16.7 Å². The third-order valence-corrected chi connectivity index (χ3v) is 6.63. The zero-order chi connectivity index (χ0) is 19.7. The van der Waals surface area contributed by atoms with Crippen molar-refractivity contribution < 1.29 is 0 Å². The Hall–Kier alpha value is -3.38. The van der Waals surface area contributed by atoms with E-state index in [0.29, 0.717) is 0 Å². The molecular formula is C29H22. The molecule has 6 rings (SSSR count). The van der Waals surface area contributed by atoms with Gasteiger partial charge in [0, 0.05) is 0 Å². The van der Waals surface area contributed by atoms with Gasteiger partial charge in [-0.1, -0.05) is 78.9 Å². The summed E-state index contributed by atoms with van der Waals surface area (Å²) in [6.45, 7) is 6.65. The van der Waals surface area contributed by atoms with Crippen LogP contribution in [0.2, 0.25) is 0 Å². The van der Waals surface area contributed by atoms with Crippen molar-refractivity contribution in [2.75, 3.05) is 0 Å². The van der Waals surface area contributed by atoms with Gasteiger partial charge in [-0.25, -0.2) is 0 Å². The first-order chi connectivity index (χ1) is 14.1. The van der Waals surface area contributed by atoms with Gasteiger partial charge >= 0.3 is 0 Å². The van der Waals surface area contributed by atoms with E-state index in [0.717, 1.165) is 0 Å². The van der Waals surface area contributed by atoms with Crippen LogP contribution in [0.25, 0.3) is 54.2 Å². The van der Waals surface area contributed by atoms with Crippen LogP contribution in [-0.4, -0.2) is 0 Å². The van der Waals surface area contributed by atoms with Crippen LogP contribution in [0.5, 0.6) is 0 Å². The van der Waals surface area contributed by atoms with Crippen LogP contribution in [-0.2, 0) is 0 Å². The molecule has 0 fully saturated rings. The summed E-state index contributed by atoms with van der Waals surface area (Å²) in [5, 5.41) is 10.9. The fourth-order valence-electron chi connectivity index (χ4n) is 5.31. The van der Waals surface area contributed by atoms with E-state index in [9.17, 15) is 0 Å². The van der Waals surface area contributed by atoms with Crippen LogP contribution < -0.4 is 0 Å². The highest BCUT2D eigenvalue weighted by Crippen LogP contribution is 2.44. The number of benzene rings is 6. The predicted molar refractivity (Wildman–Crippen MR) is 127 cm³/mol. The molecule has 0 heteroatoms. The second-order valence-electron chi connectivity index (χ2n) is 8.31. The monoisotopic (exact) mass is 370 g/mol. The van der Waals surface area contributed by atoms with Crippen molar-refractivity contribution in [2.45, 2.75) is 20.8 Å². The first kappa shape index (κ1) is 16.6. The van der Waals surface area contributed by atoms with E-state index in [4.69, 9.17) is 0 Å². The maximum atomic E-state index is 2.34. The largest absolute Gasteiger partial charge is 0.0617 e. The van der Waals surface area contributed by atoms with E-state index >= 15 is 0 Å². The lowest BCUT2D eigenvalue weighted by atomic mass is 9.85. The number of hydrogen-bond acceptors (Lipinski definition) is 0. The highest BCUT2D eigenvalue weighted by atomic mass is 14.2. The van der Waals surface area contributed by atoms with Crippen LogP contribution in [0.3, 0.4) is 0 Å². The fourth-order valence-corrected chi connectivity index (χ4v) is 5.31. The van der Waals surface area contributed by atoms with E-state index < -0.39 is 0 Å². The molecule has 0 aliphatic rings. The molecule has 29 heavy (non-hydrogen) atoms. The SMILES string of the molecule is Cc1cccc(C)c1-c1ccc2c3ccc(C)c4cccc(c5cccc1c52)c43. The maximum absolute atomic E-state index is 2.34. The second-order valence-corrected chi connectivity index (χ2v) is 8.31. The first-order valence-corrected chi connectivity index (χ1v) is 10.3. The number of fused-ring (bicyclic) bond motifs is 2. The molecule has 138 valence electrons. The lowest BCUT2D eigenvalue weighted by Crippen LogP contribution is -1.92. The molecule has 0 radical (unpaired) electrons. The first-order valence-electron chi connectivity index (χ1n) is 10.3. The molecule has 0 aliphatic carbocycles. The molecule has 0 atom stereocenters. The summed E-state index contributed by atoms with van der Waals surface area (Å²) in [7, 11) is 0. The second kappa shape index (κ2) is 5.81. The molecular weight excluding hydrogens is 348 g/mol. The van der Waals surface area contributed by atoms with Crippen molar-refractivity contribution in [3.05, 3.63) is 95.6 Å². The summed E-state index contributed by atoms with van der Waals surface area (Å²) in [6, 6.07) is 29.4. The molecule has 6 aromatic carbocycles. The standard InChI is InChI=1S/C29H22/c1-17-13-14-25-26-16-15-24(27-18(2)7-4-8-19(27)3)23-12-6-11-22(29(23)26)21-10-5-9-20(17)28(21)25/h4-16H,1-3H3.